The summed E-state index contributed by atoms with van der Waals surface area (Å²) in [4.78, 5) is 12.4. The molecule has 0 amide bonds. The highest BCUT2D eigenvalue weighted by molar-refractivity contribution is 5.27. The van der Waals surface area contributed by atoms with Crippen LogP contribution in [0.4, 0.5) is 0 Å². The van der Waals surface area contributed by atoms with Crippen LogP contribution < -0.4 is 4.74 Å². The van der Waals surface area contributed by atoms with E-state index >= 15 is 0 Å². The van der Waals surface area contributed by atoms with Gasteiger partial charge in [-0.2, -0.15) is 0 Å². The van der Waals surface area contributed by atoms with Gasteiger partial charge in [-0.05, 0) is 75.5 Å². The molecule has 1 aliphatic rings. The Hall–Kier alpha value is -1.85. The third kappa shape index (κ3) is 6.64. The number of imidazole rings is 1. The third-order valence-corrected chi connectivity index (χ3v) is 5.88. The highest BCUT2D eigenvalue weighted by Gasteiger charge is 2.19. The Morgan fingerprint density at radius 3 is 2.54 bits per heavy atom. The fourth-order valence-corrected chi connectivity index (χ4v) is 4.00. The van der Waals surface area contributed by atoms with Crippen LogP contribution in [0.2, 0.25) is 0 Å². The predicted molar refractivity (Wildman–Crippen MR) is 115 cm³/mol. The van der Waals surface area contributed by atoms with Crippen LogP contribution in [-0.4, -0.2) is 59.1 Å². The molecular formula is C23H36N4O. The molecule has 0 atom stereocenters. The van der Waals surface area contributed by atoms with E-state index in [1.54, 1.807) is 6.33 Å². The standard InChI is InChI=1S/C23H36N4O/c1-3-26(4-2)18-21-6-8-23(9-7-21)28-15-5-12-27-13-10-20(11-14-27)16-22-17-24-19-25-22/h6-9,17,19-20H,3-5,10-16,18H2,1-2H3,(H,24,25). The summed E-state index contributed by atoms with van der Waals surface area (Å²) < 4.78 is 5.95. The Morgan fingerprint density at radius 2 is 1.89 bits per heavy atom. The molecule has 0 bridgehead atoms. The number of benzene rings is 1. The molecule has 1 aromatic heterocycles. The molecule has 1 aromatic carbocycles. The van der Waals surface area contributed by atoms with Crippen molar-refractivity contribution in [2.24, 2.45) is 5.92 Å². The van der Waals surface area contributed by atoms with Gasteiger partial charge in [0.15, 0.2) is 0 Å². The SMILES string of the molecule is CCN(CC)Cc1ccc(OCCCN2CCC(Cc3cnc[nH]3)CC2)cc1. The van der Waals surface area contributed by atoms with Crippen LogP contribution in [0.3, 0.4) is 0 Å². The Kier molecular flexibility index (Phi) is 8.37. The monoisotopic (exact) mass is 384 g/mol. The molecule has 2 aromatic rings. The Morgan fingerprint density at radius 1 is 1.14 bits per heavy atom. The van der Waals surface area contributed by atoms with Gasteiger partial charge in [0.1, 0.15) is 5.75 Å². The molecule has 5 heteroatoms. The molecule has 1 N–H and O–H groups in total. The van der Waals surface area contributed by atoms with E-state index in [-0.39, 0.29) is 0 Å². The minimum Gasteiger partial charge on any atom is -0.494 e. The van der Waals surface area contributed by atoms with E-state index in [1.807, 2.05) is 6.20 Å². The Balaban J connectivity index is 1.29. The second-order valence-corrected chi connectivity index (χ2v) is 7.87. The van der Waals surface area contributed by atoms with E-state index in [1.165, 1.54) is 37.2 Å². The van der Waals surface area contributed by atoms with Crippen LogP contribution in [0.5, 0.6) is 5.75 Å². The molecule has 0 spiro atoms. The van der Waals surface area contributed by atoms with Crippen LogP contribution in [0.15, 0.2) is 36.8 Å². The largest absolute Gasteiger partial charge is 0.494 e. The fourth-order valence-electron chi connectivity index (χ4n) is 4.00. The van der Waals surface area contributed by atoms with Gasteiger partial charge in [0.25, 0.3) is 0 Å². The van der Waals surface area contributed by atoms with E-state index in [4.69, 9.17) is 4.74 Å². The summed E-state index contributed by atoms with van der Waals surface area (Å²) in [7, 11) is 0. The molecule has 3 rings (SSSR count). The molecule has 0 unspecified atom stereocenters. The van der Waals surface area contributed by atoms with Gasteiger partial charge in [-0.1, -0.05) is 26.0 Å². The molecule has 0 saturated carbocycles. The van der Waals surface area contributed by atoms with E-state index < -0.39 is 0 Å². The maximum atomic E-state index is 5.95. The molecule has 5 nitrogen and oxygen atoms in total. The molecule has 2 heterocycles. The summed E-state index contributed by atoms with van der Waals surface area (Å²) in [5, 5.41) is 0. The number of H-pyrrole nitrogens is 1. The molecule has 1 saturated heterocycles. The number of aromatic amines is 1. The first-order chi connectivity index (χ1) is 13.8. The van der Waals surface area contributed by atoms with Gasteiger partial charge in [0.05, 0.1) is 12.9 Å². The Bertz CT molecular complexity index is 644. The number of nitrogens with one attached hydrogen (secondary N) is 1. The van der Waals surface area contributed by atoms with Crippen molar-refractivity contribution in [1.82, 2.24) is 19.8 Å². The average Bonchev–Trinajstić information content (AvgIpc) is 3.24. The maximum Gasteiger partial charge on any atom is 0.119 e. The highest BCUT2D eigenvalue weighted by Crippen LogP contribution is 2.21. The van der Waals surface area contributed by atoms with E-state index in [2.05, 4.69) is 57.9 Å². The number of rotatable bonds is 11. The topological polar surface area (TPSA) is 44.4 Å². The molecule has 0 radical (unpaired) electrons. The minimum absolute atomic E-state index is 0.794. The molecule has 28 heavy (non-hydrogen) atoms. The van der Waals surface area contributed by atoms with E-state index in [9.17, 15) is 0 Å². The lowest BCUT2D eigenvalue weighted by atomic mass is 9.92. The number of hydrogen-bond donors (Lipinski definition) is 1. The number of piperidine rings is 1. The summed E-state index contributed by atoms with van der Waals surface area (Å²) in [6, 6.07) is 8.61. The smallest absolute Gasteiger partial charge is 0.119 e. The first-order valence-electron chi connectivity index (χ1n) is 10.9. The molecule has 154 valence electrons. The molecule has 1 aliphatic heterocycles. The van der Waals surface area contributed by atoms with Gasteiger partial charge in [0.2, 0.25) is 0 Å². The zero-order chi connectivity index (χ0) is 19.6. The van der Waals surface area contributed by atoms with Crippen molar-refractivity contribution >= 4 is 0 Å². The number of ether oxygens (including phenoxy) is 1. The normalized spacial score (nSPS) is 16.0. The summed E-state index contributed by atoms with van der Waals surface area (Å²) in [5.74, 6) is 1.78. The quantitative estimate of drug-likeness (QED) is 0.595. The number of likely N-dealkylation sites (tertiary alicyclic amines) is 1. The second-order valence-electron chi connectivity index (χ2n) is 7.87. The second kappa shape index (κ2) is 11.2. The van der Waals surface area contributed by atoms with E-state index in [0.29, 0.717) is 0 Å². The van der Waals surface area contributed by atoms with Gasteiger partial charge in [-0.15, -0.1) is 0 Å². The van der Waals surface area contributed by atoms with Gasteiger partial charge in [-0.25, -0.2) is 4.98 Å². The summed E-state index contributed by atoms with van der Waals surface area (Å²) >= 11 is 0. The zero-order valence-corrected chi connectivity index (χ0v) is 17.6. The number of aromatic nitrogens is 2. The van der Waals surface area contributed by atoms with Crippen molar-refractivity contribution in [1.29, 1.82) is 0 Å². The highest BCUT2D eigenvalue weighted by atomic mass is 16.5. The van der Waals surface area contributed by atoms with Gasteiger partial charge in [0, 0.05) is 25.0 Å². The van der Waals surface area contributed by atoms with Crippen molar-refractivity contribution in [3.63, 3.8) is 0 Å². The van der Waals surface area contributed by atoms with Crippen molar-refractivity contribution in [2.75, 3.05) is 39.3 Å². The van der Waals surface area contributed by atoms with Crippen molar-refractivity contribution in [2.45, 2.75) is 46.1 Å². The van der Waals surface area contributed by atoms with E-state index in [0.717, 1.165) is 57.3 Å². The molecule has 1 fully saturated rings. The van der Waals surface area contributed by atoms with Crippen LogP contribution in [0.1, 0.15) is 44.4 Å². The van der Waals surface area contributed by atoms with Crippen LogP contribution in [-0.2, 0) is 13.0 Å². The van der Waals surface area contributed by atoms with Crippen LogP contribution >= 0.6 is 0 Å². The van der Waals surface area contributed by atoms with Crippen LogP contribution in [0.25, 0.3) is 0 Å². The summed E-state index contributed by atoms with van der Waals surface area (Å²) in [6.45, 7) is 12.0. The number of hydrogen-bond acceptors (Lipinski definition) is 4. The molecule has 0 aliphatic carbocycles. The lowest BCUT2D eigenvalue weighted by Gasteiger charge is -2.31. The average molecular weight is 385 g/mol. The first-order valence-corrected chi connectivity index (χ1v) is 10.9. The lowest BCUT2D eigenvalue weighted by molar-refractivity contribution is 0.170. The summed E-state index contributed by atoms with van der Waals surface area (Å²) in [5.41, 5.74) is 2.63. The molecular weight excluding hydrogens is 348 g/mol. The summed E-state index contributed by atoms with van der Waals surface area (Å²) in [6.07, 6.45) is 8.54. The zero-order valence-electron chi connectivity index (χ0n) is 17.6. The van der Waals surface area contributed by atoms with Gasteiger partial charge in [-0.3, -0.25) is 4.90 Å². The first kappa shape index (κ1) is 20.9. The lowest BCUT2D eigenvalue weighted by Crippen LogP contribution is -2.35. The van der Waals surface area contributed by atoms with Crippen molar-refractivity contribution in [3.05, 3.63) is 48.0 Å². The minimum atomic E-state index is 0.794. The van der Waals surface area contributed by atoms with Gasteiger partial charge >= 0.3 is 0 Å². The van der Waals surface area contributed by atoms with Crippen molar-refractivity contribution < 1.29 is 4.74 Å². The third-order valence-electron chi connectivity index (χ3n) is 5.88. The fraction of sp³-hybridized carbons (Fsp3) is 0.609. The predicted octanol–water partition coefficient (Wildman–Crippen LogP) is 3.98. The van der Waals surface area contributed by atoms with Crippen LogP contribution in [0, 0.1) is 5.92 Å². The number of nitrogens with zero attached hydrogens (tertiary/aromatic N) is 3. The van der Waals surface area contributed by atoms with Crippen molar-refractivity contribution in [3.8, 4) is 5.75 Å². The maximum absolute atomic E-state index is 5.95. The Labute approximate surface area is 170 Å². The van der Waals surface area contributed by atoms with Gasteiger partial charge < -0.3 is 14.6 Å².